The average molecular weight is 573 g/mol. The second kappa shape index (κ2) is 12.1. The van der Waals surface area contributed by atoms with Gasteiger partial charge in [-0.05, 0) is 49.9 Å². The number of esters is 1. The molecule has 212 valence electrons. The number of para-hydroxylation sites is 1. The van der Waals surface area contributed by atoms with E-state index in [4.69, 9.17) is 23.9 Å². The smallest absolute Gasteiger partial charge is 0.338 e. The number of aromatic nitrogens is 1. The van der Waals surface area contributed by atoms with Crippen LogP contribution in [0.25, 0.3) is 16.8 Å². The number of carbonyl (C=O) groups is 1. The highest BCUT2D eigenvalue weighted by Gasteiger charge is 2.35. The lowest BCUT2D eigenvalue weighted by Crippen LogP contribution is -2.40. The molecule has 0 saturated heterocycles. The number of hydrogen-bond donors (Lipinski definition) is 0. The van der Waals surface area contributed by atoms with Gasteiger partial charge in [-0.3, -0.25) is 9.36 Å². The summed E-state index contributed by atoms with van der Waals surface area (Å²) in [5.74, 6) is 0.788. The average Bonchev–Trinajstić information content (AvgIpc) is 3.26. The van der Waals surface area contributed by atoms with E-state index in [0.717, 1.165) is 22.1 Å². The van der Waals surface area contributed by atoms with Crippen LogP contribution < -0.4 is 24.4 Å². The van der Waals surface area contributed by atoms with E-state index in [9.17, 15) is 9.59 Å². The minimum atomic E-state index is -0.786. The van der Waals surface area contributed by atoms with Crippen molar-refractivity contribution in [2.45, 2.75) is 32.9 Å². The Labute approximate surface area is 241 Å². The second-order valence-corrected chi connectivity index (χ2v) is 10.8. The van der Waals surface area contributed by atoms with Gasteiger partial charge >= 0.3 is 5.97 Å². The number of fused-ring (bicyclic) bond motifs is 2. The third kappa shape index (κ3) is 5.55. The highest BCUT2D eigenvalue weighted by molar-refractivity contribution is 7.07. The van der Waals surface area contributed by atoms with Crippen molar-refractivity contribution >= 4 is 34.2 Å². The molecule has 0 N–H and O–H groups in total. The van der Waals surface area contributed by atoms with Crippen LogP contribution in [0.15, 0.2) is 81.7 Å². The molecule has 0 spiro atoms. The van der Waals surface area contributed by atoms with Crippen molar-refractivity contribution in [3.8, 4) is 11.5 Å². The van der Waals surface area contributed by atoms with Crippen LogP contribution >= 0.6 is 11.3 Å². The number of thiazole rings is 1. The monoisotopic (exact) mass is 572 g/mol. The zero-order chi connectivity index (χ0) is 29.1. The molecule has 0 bridgehead atoms. The molecule has 2 heterocycles. The van der Waals surface area contributed by atoms with E-state index in [1.54, 1.807) is 18.6 Å². The zero-order valence-corrected chi connectivity index (χ0v) is 24.5. The summed E-state index contributed by atoms with van der Waals surface area (Å²) in [4.78, 5) is 32.8. The fraction of sp³-hybridized carbons (Fsp3) is 0.281. The normalized spacial score (nSPS) is 15.2. The lowest BCUT2D eigenvalue weighted by atomic mass is 9.95. The van der Waals surface area contributed by atoms with Crippen molar-refractivity contribution in [1.29, 1.82) is 0 Å². The molecular formula is C32H32N2O6S. The van der Waals surface area contributed by atoms with Crippen molar-refractivity contribution in [2.24, 2.45) is 4.99 Å². The Hall–Kier alpha value is -4.21. The maximum Gasteiger partial charge on any atom is 0.338 e. The van der Waals surface area contributed by atoms with E-state index in [-0.39, 0.29) is 30.5 Å². The third-order valence-electron chi connectivity index (χ3n) is 6.76. The first kappa shape index (κ1) is 28.3. The van der Waals surface area contributed by atoms with Gasteiger partial charge in [-0.1, -0.05) is 59.9 Å². The predicted molar refractivity (Wildman–Crippen MR) is 159 cm³/mol. The molecule has 5 rings (SSSR count). The molecule has 0 aliphatic carbocycles. The lowest BCUT2D eigenvalue weighted by molar-refractivity contribution is -0.140. The zero-order valence-electron chi connectivity index (χ0n) is 23.7. The van der Waals surface area contributed by atoms with Crippen LogP contribution in [-0.2, 0) is 14.3 Å². The Balaban J connectivity index is 1.73. The summed E-state index contributed by atoms with van der Waals surface area (Å²) in [5.41, 5.74) is 2.07. The fourth-order valence-electron chi connectivity index (χ4n) is 4.98. The summed E-state index contributed by atoms with van der Waals surface area (Å²) in [6, 6.07) is 18.4. The molecule has 0 radical (unpaired) electrons. The largest absolute Gasteiger partial charge is 0.496 e. The molecule has 1 aromatic heterocycles. The first-order valence-electron chi connectivity index (χ1n) is 13.3. The summed E-state index contributed by atoms with van der Waals surface area (Å²) in [7, 11) is 3.18. The van der Waals surface area contributed by atoms with Gasteiger partial charge in [0.05, 0.1) is 35.6 Å². The Morgan fingerprint density at radius 1 is 1.00 bits per heavy atom. The number of carbonyl (C=O) groups excluding carboxylic acids is 1. The van der Waals surface area contributed by atoms with E-state index in [2.05, 4.69) is 0 Å². The van der Waals surface area contributed by atoms with E-state index in [0.29, 0.717) is 26.3 Å². The molecule has 8 nitrogen and oxygen atoms in total. The molecule has 0 fully saturated rings. The van der Waals surface area contributed by atoms with Crippen LogP contribution in [-0.4, -0.2) is 44.1 Å². The highest BCUT2D eigenvalue weighted by atomic mass is 32.1. The number of nitrogens with zero attached hydrogens (tertiary/aromatic N) is 2. The number of rotatable bonds is 9. The molecule has 3 aromatic carbocycles. The van der Waals surface area contributed by atoms with E-state index < -0.39 is 12.0 Å². The van der Waals surface area contributed by atoms with Gasteiger partial charge < -0.3 is 18.9 Å². The van der Waals surface area contributed by atoms with Gasteiger partial charge in [-0.25, -0.2) is 9.79 Å². The first-order valence-corrected chi connectivity index (χ1v) is 14.2. The molecule has 0 unspecified atom stereocenters. The SMILES string of the molecule is COCCOC(=O)C1=C(C)N=c2s/c(=C/c3ccc(OC)c4ccccc34)c(=O)n2[C@@H]1c1ccccc1OC(C)C. The topological polar surface area (TPSA) is 88.4 Å². The lowest BCUT2D eigenvalue weighted by Gasteiger charge is -2.27. The Morgan fingerprint density at radius 2 is 1.73 bits per heavy atom. The van der Waals surface area contributed by atoms with E-state index >= 15 is 0 Å². The van der Waals surface area contributed by atoms with Gasteiger partial charge in [0, 0.05) is 18.1 Å². The molecule has 1 aliphatic rings. The van der Waals surface area contributed by atoms with Crippen molar-refractivity contribution in [3.63, 3.8) is 0 Å². The maximum atomic E-state index is 14.2. The molecule has 0 amide bonds. The van der Waals surface area contributed by atoms with Crippen LogP contribution in [0.5, 0.6) is 11.5 Å². The predicted octanol–water partition coefficient (Wildman–Crippen LogP) is 4.37. The standard InChI is InChI=1S/C32H32N2O6S/c1-19(2)40-26-13-9-8-12-24(26)29-28(31(36)39-17-16-37-4)20(3)33-32-34(29)30(35)27(41-32)18-21-14-15-25(38-5)23-11-7-6-10-22(21)23/h6-15,18-19,29H,16-17H2,1-5H3/b27-18+/t29-/m1/s1. The summed E-state index contributed by atoms with van der Waals surface area (Å²) in [5, 5.41) is 1.91. The quantitative estimate of drug-likeness (QED) is 0.219. The van der Waals surface area contributed by atoms with Gasteiger partial charge in [0.2, 0.25) is 0 Å². The van der Waals surface area contributed by atoms with Crippen molar-refractivity contribution in [1.82, 2.24) is 4.57 Å². The Morgan fingerprint density at radius 3 is 2.46 bits per heavy atom. The van der Waals surface area contributed by atoms with Crippen LogP contribution in [0.3, 0.4) is 0 Å². The summed E-state index contributed by atoms with van der Waals surface area (Å²) < 4.78 is 24.3. The highest BCUT2D eigenvalue weighted by Crippen LogP contribution is 2.36. The van der Waals surface area contributed by atoms with Crippen LogP contribution in [0.4, 0.5) is 0 Å². The molecule has 1 aliphatic heterocycles. The molecule has 41 heavy (non-hydrogen) atoms. The number of hydrogen-bond acceptors (Lipinski definition) is 8. The Kier molecular flexibility index (Phi) is 8.37. The summed E-state index contributed by atoms with van der Waals surface area (Å²) in [6.07, 6.45) is 1.76. The van der Waals surface area contributed by atoms with Crippen LogP contribution in [0.1, 0.15) is 37.9 Å². The summed E-state index contributed by atoms with van der Waals surface area (Å²) in [6.45, 7) is 5.97. The molecule has 0 saturated carbocycles. The summed E-state index contributed by atoms with van der Waals surface area (Å²) >= 11 is 1.28. The van der Waals surface area contributed by atoms with Gasteiger partial charge in [0.25, 0.3) is 5.56 Å². The number of benzene rings is 3. The minimum Gasteiger partial charge on any atom is -0.496 e. The fourth-order valence-corrected chi connectivity index (χ4v) is 6.02. The van der Waals surface area contributed by atoms with E-state index in [1.807, 2.05) is 80.6 Å². The Bertz CT molecular complexity index is 1820. The molecule has 4 aromatic rings. The van der Waals surface area contributed by atoms with Gasteiger partial charge in [0.1, 0.15) is 24.1 Å². The molecule has 9 heteroatoms. The number of methoxy groups -OCH3 is 2. The number of allylic oxidation sites excluding steroid dienone is 1. The minimum absolute atomic E-state index is 0.0813. The van der Waals surface area contributed by atoms with Gasteiger partial charge in [-0.2, -0.15) is 0 Å². The maximum absolute atomic E-state index is 14.2. The van der Waals surface area contributed by atoms with Crippen molar-refractivity contribution in [2.75, 3.05) is 27.4 Å². The van der Waals surface area contributed by atoms with E-state index in [1.165, 1.54) is 18.4 Å². The van der Waals surface area contributed by atoms with Gasteiger partial charge in [-0.15, -0.1) is 0 Å². The third-order valence-corrected chi connectivity index (χ3v) is 7.75. The van der Waals surface area contributed by atoms with Gasteiger partial charge in [0.15, 0.2) is 4.80 Å². The molecular weight excluding hydrogens is 540 g/mol. The first-order chi connectivity index (χ1) is 19.8. The van der Waals surface area contributed by atoms with Crippen molar-refractivity contribution < 1.29 is 23.7 Å². The molecule has 1 atom stereocenters. The second-order valence-electron chi connectivity index (χ2n) is 9.82. The van der Waals surface area contributed by atoms with Crippen molar-refractivity contribution in [3.05, 3.63) is 103 Å². The number of ether oxygens (including phenoxy) is 4. The van der Waals surface area contributed by atoms with Crippen LogP contribution in [0, 0.1) is 0 Å². The van der Waals surface area contributed by atoms with Crippen LogP contribution in [0.2, 0.25) is 0 Å².